The van der Waals surface area contributed by atoms with Crippen molar-refractivity contribution in [2.24, 2.45) is 0 Å². The van der Waals surface area contributed by atoms with Crippen LogP contribution < -0.4 is 5.32 Å². The van der Waals surface area contributed by atoms with Crippen LogP contribution in [0.3, 0.4) is 0 Å². The van der Waals surface area contributed by atoms with E-state index < -0.39 is 6.09 Å². The number of methoxy groups -OCH3 is 1. The maximum absolute atomic E-state index is 12.9. The first-order chi connectivity index (χ1) is 7.13. The second-order valence-corrected chi connectivity index (χ2v) is 3.77. The molecule has 0 aliphatic heterocycles. The normalized spacial score (nSPS) is 9.80. The van der Waals surface area contributed by atoms with Crippen molar-refractivity contribution >= 4 is 22.0 Å². The van der Waals surface area contributed by atoms with Crippen molar-refractivity contribution in [3.05, 3.63) is 34.1 Å². The molecule has 0 aromatic heterocycles. The lowest BCUT2D eigenvalue weighted by Crippen LogP contribution is -2.25. The topological polar surface area (TPSA) is 38.3 Å². The molecule has 1 amide bonds. The van der Waals surface area contributed by atoms with Gasteiger partial charge in [0.25, 0.3) is 0 Å². The van der Waals surface area contributed by atoms with E-state index in [0.717, 1.165) is 5.56 Å². The Morgan fingerprint density at radius 2 is 2.33 bits per heavy atom. The van der Waals surface area contributed by atoms with Gasteiger partial charge in [-0.05, 0) is 40.0 Å². The average molecular weight is 276 g/mol. The third kappa shape index (κ3) is 3.87. The van der Waals surface area contributed by atoms with Gasteiger partial charge in [0.2, 0.25) is 0 Å². The van der Waals surface area contributed by atoms with E-state index in [1.165, 1.54) is 13.2 Å². The van der Waals surface area contributed by atoms with E-state index >= 15 is 0 Å². The van der Waals surface area contributed by atoms with Crippen LogP contribution in [-0.2, 0) is 11.2 Å². The molecule has 0 atom stereocenters. The number of rotatable bonds is 3. The summed E-state index contributed by atoms with van der Waals surface area (Å²) >= 11 is 3.09. The lowest BCUT2D eigenvalue weighted by molar-refractivity contribution is 0.171. The van der Waals surface area contributed by atoms with Crippen molar-refractivity contribution in [3.8, 4) is 0 Å². The Bertz CT molecular complexity index is 357. The largest absolute Gasteiger partial charge is 0.453 e. The van der Waals surface area contributed by atoms with Gasteiger partial charge in [-0.25, -0.2) is 9.18 Å². The fourth-order valence-corrected chi connectivity index (χ4v) is 1.50. The summed E-state index contributed by atoms with van der Waals surface area (Å²) in [6.45, 7) is 0.463. The molecule has 0 saturated heterocycles. The number of ether oxygens (including phenoxy) is 1. The molecule has 1 aromatic rings. The number of benzene rings is 1. The molecule has 0 saturated carbocycles. The third-order valence-electron chi connectivity index (χ3n) is 1.85. The van der Waals surface area contributed by atoms with Crippen LogP contribution in [-0.4, -0.2) is 19.7 Å². The Labute approximate surface area is 95.7 Å². The van der Waals surface area contributed by atoms with Crippen LogP contribution in [0.5, 0.6) is 0 Å². The molecular formula is C10H11BrFNO2. The van der Waals surface area contributed by atoms with E-state index in [2.05, 4.69) is 26.0 Å². The molecule has 0 radical (unpaired) electrons. The van der Waals surface area contributed by atoms with Crippen LogP contribution in [0.4, 0.5) is 9.18 Å². The van der Waals surface area contributed by atoms with E-state index in [4.69, 9.17) is 0 Å². The van der Waals surface area contributed by atoms with Crippen LogP contribution in [0.25, 0.3) is 0 Å². The highest BCUT2D eigenvalue weighted by atomic mass is 79.9. The van der Waals surface area contributed by atoms with Gasteiger partial charge in [0, 0.05) is 6.54 Å². The molecule has 82 valence electrons. The van der Waals surface area contributed by atoms with Crippen LogP contribution in [0, 0.1) is 5.82 Å². The molecule has 5 heteroatoms. The van der Waals surface area contributed by atoms with Crippen molar-refractivity contribution in [2.75, 3.05) is 13.7 Å². The van der Waals surface area contributed by atoms with E-state index in [1.807, 2.05) is 0 Å². The number of amides is 1. The maximum Gasteiger partial charge on any atom is 0.406 e. The highest BCUT2D eigenvalue weighted by Gasteiger charge is 2.01. The fourth-order valence-electron chi connectivity index (χ4n) is 1.08. The first-order valence-electron chi connectivity index (χ1n) is 4.39. The molecule has 0 spiro atoms. The first-order valence-corrected chi connectivity index (χ1v) is 5.18. The van der Waals surface area contributed by atoms with Crippen molar-refractivity contribution in [2.45, 2.75) is 6.42 Å². The highest BCUT2D eigenvalue weighted by molar-refractivity contribution is 9.10. The summed E-state index contributed by atoms with van der Waals surface area (Å²) in [7, 11) is 1.31. The van der Waals surface area contributed by atoms with Gasteiger partial charge in [0.15, 0.2) is 0 Å². The third-order valence-corrected chi connectivity index (χ3v) is 2.46. The van der Waals surface area contributed by atoms with Gasteiger partial charge in [-0.2, -0.15) is 0 Å². The van der Waals surface area contributed by atoms with Crippen LogP contribution in [0.1, 0.15) is 5.56 Å². The zero-order chi connectivity index (χ0) is 11.3. The number of halogens is 2. The van der Waals surface area contributed by atoms with E-state index in [-0.39, 0.29) is 5.82 Å². The minimum atomic E-state index is -0.462. The van der Waals surface area contributed by atoms with Gasteiger partial charge in [-0.3, -0.25) is 0 Å². The van der Waals surface area contributed by atoms with Crippen molar-refractivity contribution in [3.63, 3.8) is 0 Å². The predicted octanol–water partition coefficient (Wildman–Crippen LogP) is 2.49. The molecule has 1 N–H and O–H groups in total. The van der Waals surface area contributed by atoms with E-state index in [1.54, 1.807) is 12.1 Å². The van der Waals surface area contributed by atoms with Crippen LogP contribution >= 0.6 is 15.9 Å². The van der Waals surface area contributed by atoms with Crippen molar-refractivity contribution in [1.82, 2.24) is 5.32 Å². The fraction of sp³-hybridized carbons (Fsp3) is 0.300. The minimum absolute atomic E-state index is 0.292. The van der Waals surface area contributed by atoms with Gasteiger partial charge < -0.3 is 10.1 Å². The molecule has 15 heavy (non-hydrogen) atoms. The SMILES string of the molecule is COC(=O)NCCc1ccc(F)c(Br)c1. The zero-order valence-corrected chi connectivity index (χ0v) is 9.80. The Morgan fingerprint density at radius 1 is 1.60 bits per heavy atom. The summed E-state index contributed by atoms with van der Waals surface area (Å²) in [4.78, 5) is 10.7. The summed E-state index contributed by atoms with van der Waals surface area (Å²) in [5, 5.41) is 2.54. The first kappa shape index (κ1) is 12.0. The summed E-state index contributed by atoms with van der Waals surface area (Å²) in [6, 6.07) is 4.75. The maximum atomic E-state index is 12.9. The lowest BCUT2D eigenvalue weighted by atomic mass is 10.1. The molecule has 1 rings (SSSR count). The highest BCUT2D eigenvalue weighted by Crippen LogP contribution is 2.16. The zero-order valence-electron chi connectivity index (χ0n) is 8.22. The molecule has 1 aromatic carbocycles. The van der Waals surface area contributed by atoms with E-state index in [0.29, 0.717) is 17.4 Å². The molecule has 0 heterocycles. The van der Waals surface area contributed by atoms with Gasteiger partial charge in [-0.1, -0.05) is 6.07 Å². The molecular weight excluding hydrogens is 265 g/mol. The molecule has 0 aliphatic carbocycles. The smallest absolute Gasteiger partial charge is 0.406 e. The molecule has 0 bridgehead atoms. The standard InChI is InChI=1S/C10H11BrFNO2/c1-15-10(14)13-5-4-7-2-3-9(12)8(11)6-7/h2-3,6H,4-5H2,1H3,(H,13,14). The van der Waals surface area contributed by atoms with Crippen molar-refractivity contribution < 1.29 is 13.9 Å². The quantitative estimate of drug-likeness (QED) is 0.921. The van der Waals surface area contributed by atoms with Gasteiger partial charge in [-0.15, -0.1) is 0 Å². The summed E-state index contributed by atoms with van der Waals surface area (Å²) in [5.41, 5.74) is 0.944. The lowest BCUT2D eigenvalue weighted by Gasteiger charge is -2.04. The second kappa shape index (κ2) is 5.70. The summed E-state index contributed by atoms with van der Waals surface area (Å²) in [6.07, 6.45) is 0.171. The molecule has 3 nitrogen and oxygen atoms in total. The second-order valence-electron chi connectivity index (χ2n) is 2.92. The Hall–Kier alpha value is -1.10. The van der Waals surface area contributed by atoms with Gasteiger partial charge in [0.1, 0.15) is 5.82 Å². The van der Waals surface area contributed by atoms with Crippen LogP contribution in [0.15, 0.2) is 22.7 Å². The number of carbonyl (C=O) groups is 1. The number of carbonyl (C=O) groups excluding carboxylic acids is 1. The van der Waals surface area contributed by atoms with E-state index in [9.17, 15) is 9.18 Å². The number of nitrogens with one attached hydrogen (secondary N) is 1. The van der Waals surface area contributed by atoms with Gasteiger partial charge in [0.05, 0.1) is 11.6 Å². The predicted molar refractivity (Wildman–Crippen MR) is 58.2 cm³/mol. The number of hydrogen-bond donors (Lipinski definition) is 1. The minimum Gasteiger partial charge on any atom is -0.453 e. The Balaban J connectivity index is 2.44. The van der Waals surface area contributed by atoms with Gasteiger partial charge >= 0.3 is 6.09 Å². The number of alkyl carbamates (subject to hydrolysis) is 1. The molecule has 0 aliphatic rings. The molecule has 0 fully saturated rings. The Kier molecular flexibility index (Phi) is 4.55. The average Bonchev–Trinajstić information content (AvgIpc) is 2.23. The molecule has 0 unspecified atom stereocenters. The summed E-state index contributed by atoms with van der Waals surface area (Å²) < 4.78 is 17.7. The van der Waals surface area contributed by atoms with Crippen molar-refractivity contribution in [1.29, 1.82) is 0 Å². The van der Waals surface area contributed by atoms with Crippen LogP contribution in [0.2, 0.25) is 0 Å². The monoisotopic (exact) mass is 275 g/mol. The Morgan fingerprint density at radius 3 is 2.93 bits per heavy atom. The number of hydrogen-bond acceptors (Lipinski definition) is 2. The summed E-state index contributed by atoms with van der Waals surface area (Å²) in [5.74, 6) is -0.292.